The zero-order valence-electron chi connectivity index (χ0n) is 17.2. The number of fused-ring (bicyclic) bond motifs is 1. The standard InChI is InChI=1S/C22H23N7S2/c1-2-30-22-25-17-11-10-16(14-18(17)31-22)24-20-26-19(23-15-8-4-3-5-9-15)27-21(28-20)29-12-6-7-13-29/h3-5,8-11,14H,2,6-7,12-13H2,1H3,(H2,23,24,26,27,28). The molecular formula is C22H23N7S2. The van der Waals surface area contributed by atoms with Crippen molar-refractivity contribution in [3.63, 3.8) is 0 Å². The van der Waals surface area contributed by atoms with Crippen LogP contribution >= 0.6 is 23.1 Å². The zero-order chi connectivity index (χ0) is 21.0. The predicted molar refractivity (Wildman–Crippen MR) is 130 cm³/mol. The summed E-state index contributed by atoms with van der Waals surface area (Å²) in [5.74, 6) is 2.79. The van der Waals surface area contributed by atoms with Crippen LogP contribution in [0.5, 0.6) is 0 Å². The molecule has 158 valence electrons. The number of anilines is 5. The number of rotatable bonds is 7. The molecule has 3 heterocycles. The quantitative estimate of drug-likeness (QED) is 0.349. The molecule has 2 N–H and O–H groups in total. The first-order valence-corrected chi connectivity index (χ1v) is 12.2. The topological polar surface area (TPSA) is 78.9 Å². The van der Waals surface area contributed by atoms with E-state index in [-0.39, 0.29) is 0 Å². The fraction of sp³-hybridized carbons (Fsp3) is 0.273. The molecule has 0 amide bonds. The average molecular weight is 450 g/mol. The maximum Gasteiger partial charge on any atom is 0.233 e. The maximum absolute atomic E-state index is 4.70. The lowest BCUT2D eigenvalue weighted by Gasteiger charge is -2.17. The Kier molecular flexibility index (Phi) is 5.86. The van der Waals surface area contributed by atoms with Crippen LogP contribution in [0.3, 0.4) is 0 Å². The minimum atomic E-state index is 0.530. The van der Waals surface area contributed by atoms with Gasteiger partial charge in [0.2, 0.25) is 17.8 Å². The molecule has 7 nitrogen and oxygen atoms in total. The first-order chi connectivity index (χ1) is 15.3. The summed E-state index contributed by atoms with van der Waals surface area (Å²) >= 11 is 3.48. The fourth-order valence-electron chi connectivity index (χ4n) is 3.48. The van der Waals surface area contributed by atoms with Crippen molar-refractivity contribution in [1.82, 2.24) is 19.9 Å². The summed E-state index contributed by atoms with van der Waals surface area (Å²) in [6.45, 7) is 4.08. The zero-order valence-corrected chi connectivity index (χ0v) is 18.8. The smallest absolute Gasteiger partial charge is 0.233 e. The van der Waals surface area contributed by atoms with Gasteiger partial charge in [-0.15, -0.1) is 11.3 Å². The van der Waals surface area contributed by atoms with Crippen LogP contribution in [0, 0.1) is 0 Å². The number of para-hydroxylation sites is 1. The van der Waals surface area contributed by atoms with Gasteiger partial charge >= 0.3 is 0 Å². The second kappa shape index (κ2) is 9.07. The number of aromatic nitrogens is 4. The van der Waals surface area contributed by atoms with Crippen molar-refractivity contribution >= 4 is 62.5 Å². The number of hydrogen-bond acceptors (Lipinski definition) is 9. The Labute approximate surface area is 189 Å². The molecule has 0 aliphatic carbocycles. The molecule has 1 fully saturated rings. The normalized spacial score (nSPS) is 13.6. The van der Waals surface area contributed by atoms with Gasteiger partial charge in [-0.2, -0.15) is 15.0 Å². The molecular weight excluding hydrogens is 426 g/mol. The summed E-state index contributed by atoms with van der Waals surface area (Å²) < 4.78 is 2.25. The number of thiazole rings is 1. The minimum Gasteiger partial charge on any atom is -0.341 e. The van der Waals surface area contributed by atoms with Crippen LogP contribution in [0.4, 0.5) is 29.2 Å². The third-order valence-corrected chi connectivity index (χ3v) is 6.98. The van der Waals surface area contributed by atoms with Gasteiger partial charge in [-0.25, -0.2) is 4.98 Å². The molecule has 0 saturated carbocycles. The highest BCUT2D eigenvalue weighted by Gasteiger charge is 2.18. The van der Waals surface area contributed by atoms with Gasteiger partial charge in [0.15, 0.2) is 4.34 Å². The van der Waals surface area contributed by atoms with Crippen LogP contribution in [0.1, 0.15) is 19.8 Å². The number of benzene rings is 2. The summed E-state index contributed by atoms with van der Waals surface area (Å²) in [4.78, 5) is 20.9. The lowest BCUT2D eigenvalue weighted by Crippen LogP contribution is -2.21. The molecule has 5 rings (SSSR count). The molecule has 2 aromatic heterocycles. The molecule has 0 unspecified atom stereocenters. The van der Waals surface area contributed by atoms with E-state index < -0.39 is 0 Å². The lowest BCUT2D eigenvalue weighted by atomic mass is 10.3. The van der Waals surface area contributed by atoms with E-state index in [1.165, 1.54) is 0 Å². The SMILES string of the molecule is CCSc1nc2ccc(Nc3nc(Nc4ccccc4)nc(N4CCCC4)n3)cc2s1. The second-order valence-electron chi connectivity index (χ2n) is 7.19. The van der Waals surface area contributed by atoms with E-state index in [2.05, 4.69) is 43.5 Å². The molecule has 2 aromatic carbocycles. The third kappa shape index (κ3) is 4.72. The van der Waals surface area contributed by atoms with Gasteiger partial charge in [-0.3, -0.25) is 0 Å². The molecule has 0 spiro atoms. The largest absolute Gasteiger partial charge is 0.341 e. The summed E-state index contributed by atoms with van der Waals surface area (Å²) in [5, 5.41) is 6.67. The van der Waals surface area contributed by atoms with E-state index in [1.807, 2.05) is 42.5 Å². The van der Waals surface area contributed by atoms with Crippen molar-refractivity contribution in [2.45, 2.75) is 24.1 Å². The number of thioether (sulfide) groups is 1. The first kappa shape index (κ1) is 20.0. The van der Waals surface area contributed by atoms with E-state index in [0.717, 1.165) is 57.6 Å². The average Bonchev–Trinajstić information content (AvgIpc) is 3.44. The maximum atomic E-state index is 4.70. The molecule has 4 aromatic rings. The highest BCUT2D eigenvalue weighted by atomic mass is 32.2. The van der Waals surface area contributed by atoms with Gasteiger partial charge in [-0.05, 0) is 48.9 Å². The van der Waals surface area contributed by atoms with Crippen molar-refractivity contribution in [2.75, 3.05) is 34.4 Å². The highest BCUT2D eigenvalue weighted by molar-refractivity contribution is 8.01. The van der Waals surface area contributed by atoms with Gasteiger partial charge in [-0.1, -0.05) is 36.9 Å². The van der Waals surface area contributed by atoms with Gasteiger partial charge in [0, 0.05) is 24.5 Å². The van der Waals surface area contributed by atoms with Crippen molar-refractivity contribution in [3.05, 3.63) is 48.5 Å². The Morgan fingerprint density at radius 2 is 1.65 bits per heavy atom. The van der Waals surface area contributed by atoms with Gasteiger partial charge in [0.05, 0.1) is 10.2 Å². The lowest BCUT2D eigenvalue weighted by molar-refractivity contribution is 0.886. The van der Waals surface area contributed by atoms with Gasteiger partial charge in [0.1, 0.15) is 0 Å². The third-order valence-electron chi connectivity index (χ3n) is 4.94. The summed E-state index contributed by atoms with van der Waals surface area (Å²) in [6, 6.07) is 16.1. The fourth-order valence-corrected chi connectivity index (χ4v) is 5.49. The monoisotopic (exact) mass is 449 g/mol. The van der Waals surface area contributed by atoms with E-state index in [1.54, 1.807) is 23.1 Å². The van der Waals surface area contributed by atoms with Crippen LogP contribution in [-0.2, 0) is 0 Å². The predicted octanol–water partition coefficient (Wildman–Crippen LogP) is 5.68. The summed E-state index contributed by atoms with van der Waals surface area (Å²) in [6.07, 6.45) is 2.33. The van der Waals surface area contributed by atoms with Crippen molar-refractivity contribution in [2.24, 2.45) is 0 Å². The summed E-state index contributed by atoms with van der Waals surface area (Å²) in [7, 11) is 0. The molecule has 1 aliphatic rings. The molecule has 1 saturated heterocycles. The van der Waals surface area contributed by atoms with E-state index in [9.17, 15) is 0 Å². The molecule has 0 bridgehead atoms. The van der Waals surface area contributed by atoms with Crippen LogP contribution in [-0.4, -0.2) is 38.8 Å². The Hall–Kier alpha value is -2.91. The van der Waals surface area contributed by atoms with Gasteiger partial charge in [0.25, 0.3) is 0 Å². The Morgan fingerprint density at radius 3 is 2.39 bits per heavy atom. The van der Waals surface area contributed by atoms with E-state index in [0.29, 0.717) is 17.8 Å². The van der Waals surface area contributed by atoms with Crippen LogP contribution in [0.25, 0.3) is 10.2 Å². The van der Waals surface area contributed by atoms with Gasteiger partial charge < -0.3 is 15.5 Å². The Balaban J connectivity index is 1.44. The number of hydrogen-bond donors (Lipinski definition) is 2. The van der Waals surface area contributed by atoms with Crippen molar-refractivity contribution in [1.29, 1.82) is 0 Å². The van der Waals surface area contributed by atoms with Crippen LogP contribution in [0.15, 0.2) is 52.9 Å². The Morgan fingerprint density at radius 1 is 0.903 bits per heavy atom. The molecule has 31 heavy (non-hydrogen) atoms. The molecule has 0 atom stereocenters. The first-order valence-electron chi connectivity index (χ1n) is 10.4. The minimum absolute atomic E-state index is 0.530. The molecule has 1 aliphatic heterocycles. The number of nitrogens with one attached hydrogen (secondary N) is 2. The summed E-state index contributed by atoms with van der Waals surface area (Å²) in [5.41, 5.74) is 2.90. The van der Waals surface area contributed by atoms with E-state index >= 15 is 0 Å². The van der Waals surface area contributed by atoms with Crippen molar-refractivity contribution < 1.29 is 0 Å². The van der Waals surface area contributed by atoms with E-state index in [4.69, 9.17) is 4.98 Å². The van der Waals surface area contributed by atoms with Crippen molar-refractivity contribution in [3.8, 4) is 0 Å². The van der Waals surface area contributed by atoms with Crippen LogP contribution in [0.2, 0.25) is 0 Å². The van der Waals surface area contributed by atoms with Crippen LogP contribution < -0.4 is 15.5 Å². The highest BCUT2D eigenvalue weighted by Crippen LogP contribution is 2.32. The molecule has 9 heteroatoms. The Bertz CT molecular complexity index is 1170. The number of nitrogens with zero attached hydrogens (tertiary/aromatic N) is 5. The molecule has 0 radical (unpaired) electrons. The second-order valence-corrected chi connectivity index (χ2v) is 9.73.